The number of amides is 1. The highest BCUT2D eigenvalue weighted by atomic mass is 35.5. The highest BCUT2D eigenvalue weighted by Gasteiger charge is 2.12. The van der Waals surface area contributed by atoms with E-state index in [1.54, 1.807) is 19.2 Å². The van der Waals surface area contributed by atoms with Crippen LogP contribution < -0.4 is 10.1 Å². The fraction of sp³-hybridized carbons (Fsp3) is 0.188. The van der Waals surface area contributed by atoms with Crippen LogP contribution in [0.1, 0.15) is 15.9 Å². The molecule has 0 aliphatic rings. The third-order valence-corrected chi connectivity index (χ3v) is 3.70. The van der Waals surface area contributed by atoms with Gasteiger partial charge in [-0.05, 0) is 23.8 Å². The summed E-state index contributed by atoms with van der Waals surface area (Å²) < 4.78 is 9.95. The lowest BCUT2D eigenvalue weighted by atomic mass is 10.2. The number of carbonyl (C=O) groups excluding carboxylic acids is 2. The summed E-state index contributed by atoms with van der Waals surface area (Å²) in [5.41, 5.74) is 1.01. The van der Waals surface area contributed by atoms with E-state index in [0.29, 0.717) is 6.54 Å². The molecule has 0 bridgehead atoms. The number of esters is 1. The molecule has 0 spiro atoms. The standard InChI is InChI=1S/C16H14Cl2N2O4/c1-23-12-4-2-10(3-5-12)7-19-14(21)9-24-16(22)11-6-13(17)15(18)20-8-11/h2-6,8H,7,9H2,1H3,(H,19,21). The van der Waals surface area contributed by atoms with E-state index in [0.717, 1.165) is 11.3 Å². The van der Waals surface area contributed by atoms with Crippen molar-refractivity contribution in [3.8, 4) is 5.75 Å². The van der Waals surface area contributed by atoms with Crippen LogP contribution in [0.2, 0.25) is 10.2 Å². The zero-order valence-corrected chi connectivity index (χ0v) is 14.2. The van der Waals surface area contributed by atoms with Crippen molar-refractivity contribution in [2.75, 3.05) is 13.7 Å². The average molecular weight is 369 g/mol. The van der Waals surface area contributed by atoms with Crippen LogP contribution in [0.25, 0.3) is 0 Å². The highest BCUT2D eigenvalue weighted by Crippen LogP contribution is 2.20. The molecule has 2 rings (SSSR count). The number of aromatic nitrogens is 1. The molecule has 0 aliphatic heterocycles. The van der Waals surface area contributed by atoms with Gasteiger partial charge >= 0.3 is 5.97 Å². The van der Waals surface area contributed by atoms with Crippen LogP contribution in [0.5, 0.6) is 5.75 Å². The minimum absolute atomic E-state index is 0.0884. The zero-order chi connectivity index (χ0) is 17.5. The Balaban J connectivity index is 1.79. The summed E-state index contributed by atoms with van der Waals surface area (Å²) in [6.45, 7) is -0.0933. The van der Waals surface area contributed by atoms with Crippen LogP contribution in [0, 0.1) is 0 Å². The molecule has 0 saturated carbocycles. The molecular weight excluding hydrogens is 355 g/mol. The molecule has 0 unspecified atom stereocenters. The Morgan fingerprint density at radius 2 is 1.92 bits per heavy atom. The summed E-state index contributed by atoms with van der Waals surface area (Å²) in [7, 11) is 1.58. The number of carbonyl (C=O) groups is 2. The number of halogens is 2. The van der Waals surface area contributed by atoms with Crippen LogP contribution in [0.4, 0.5) is 0 Å². The minimum Gasteiger partial charge on any atom is -0.497 e. The van der Waals surface area contributed by atoms with E-state index in [9.17, 15) is 9.59 Å². The van der Waals surface area contributed by atoms with E-state index < -0.39 is 18.5 Å². The van der Waals surface area contributed by atoms with Gasteiger partial charge in [-0.2, -0.15) is 0 Å². The number of hydrogen-bond acceptors (Lipinski definition) is 5. The van der Waals surface area contributed by atoms with Gasteiger partial charge in [0.05, 0.1) is 17.7 Å². The maximum atomic E-state index is 11.8. The van der Waals surface area contributed by atoms with E-state index >= 15 is 0 Å². The van der Waals surface area contributed by atoms with Gasteiger partial charge in [0.2, 0.25) is 0 Å². The Kier molecular flexibility index (Phi) is 6.40. The van der Waals surface area contributed by atoms with Gasteiger partial charge < -0.3 is 14.8 Å². The van der Waals surface area contributed by atoms with Crippen molar-refractivity contribution in [3.63, 3.8) is 0 Å². The number of nitrogens with one attached hydrogen (secondary N) is 1. The Labute approximate surface area is 148 Å². The second kappa shape index (κ2) is 8.52. The number of pyridine rings is 1. The lowest BCUT2D eigenvalue weighted by Crippen LogP contribution is -2.28. The van der Waals surface area contributed by atoms with Crippen molar-refractivity contribution in [1.82, 2.24) is 10.3 Å². The van der Waals surface area contributed by atoms with Gasteiger partial charge in [-0.3, -0.25) is 4.79 Å². The van der Waals surface area contributed by atoms with E-state index in [1.807, 2.05) is 12.1 Å². The Hall–Kier alpha value is -2.31. The summed E-state index contributed by atoms with van der Waals surface area (Å²) in [5, 5.41) is 2.87. The molecule has 24 heavy (non-hydrogen) atoms. The molecule has 6 nitrogen and oxygen atoms in total. The van der Waals surface area contributed by atoms with Crippen LogP contribution in [-0.4, -0.2) is 30.6 Å². The Bertz CT molecular complexity index is 735. The molecule has 0 radical (unpaired) electrons. The fourth-order valence-electron chi connectivity index (χ4n) is 1.74. The normalized spacial score (nSPS) is 10.1. The number of hydrogen-bond donors (Lipinski definition) is 1. The van der Waals surface area contributed by atoms with Gasteiger partial charge in [0.15, 0.2) is 6.61 Å². The van der Waals surface area contributed by atoms with Gasteiger partial charge in [0.1, 0.15) is 10.9 Å². The number of ether oxygens (including phenoxy) is 2. The van der Waals surface area contributed by atoms with Gasteiger partial charge in [0.25, 0.3) is 5.91 Å². The van der Waals surface area contributed by atoms with Crippen LogP contribution >= 0.6 is 23.2 Å². The van der Waals surface area contributed by atoms with Gasteiger partial charge in [-0.15, -0.1) is 0 Å². The molecule has 1 N–H and O–H groups in total. The third-order valence-electron chi connectivity index (χ3n) is 3.02. The average Bonchev–Trinajstić information content (AvgIpc) is 2.60. The monoisotopic (exact) mass is 368 g/mol. The van der Waals surface area contributed by atoms with Crippen molar-refractivity contribution < 1.29 is 19.1 Å². The molecular formula is C16H14Cl2N2O4. The van der Waals surface area contributed by atoms with Crippen molar-refractivity contribution in [3.05, 3.63) is 57.8 Å². The van der Waals surface area contributed by atoms with Crippen molar-refractivity contribution >= 4 is 35.1 Å². The molecule has 0 aliphatic carbocycles. The maximum absolute atomic E-state index is 11.8. The Morgan fingerprint density at radius 1 is 1.21 bits per heavy atom. The molecule has 0 fully saturated rings. The summed E-state index contributed by atoms with van der Waals surface area (Å²) >= 11 is 11.4. The van der Waals surface area contributed by atoms with E-state index in [-0.39, 0.29) is 15.7 Å². The van der Waals surface area contributed by atoms with E-state index in [2.05, 4.69) is 10.3 Å². The van der Waals surface area contributed by atoms with E-state index in [1.165, 1.54) is 12.3 Å². The van der Waals surface area contributed by atoms with Crippen molar-refractivity contribution in [2.45, 2.75) is 6.54 Å². The first-order chi connectivity index (χ1) is 11.5. The lowest BCUT2D eigenvalue weighted by Gasteiger charge is -2.07. The smallest absolute Gasteiger partial charge is 0.340 e. The quantitative estimate of drug-likeness (QED) is 0.626. The van der Waals surface area contributed by atoms with Crippen LogP contribution in [0.3, 0.4) is 0 Å². The van der Waals surface area contributed by atoms with Crippen LogP contribution in [0.15, 0.2) is 36.5 Å². The predicted octanol–water partition coefficient (Wildman–Crippen LogP) is 2.87. The topological polar surface area (TPSA) is 77.5 Å². The fourth-order valence-corrected chi connectivity index (χ4v) is 2.01. The van der Waals surface area contributed by atoms with Gasteiger partial charge in [0, 0.05) is 12.7 Å². The first-order valence-corrected chi connectivity index (χ1v) is 7.63. The van der Waals surface area contributed by atoms with Gasteiger partial charge in [-0.1, -0.05) is 35.3 Å². The molecule has 2 aromatic rings. The molecule has 8 heteroatoms. The zero-order valence-electron chi connectivity index (χ0n) is 12.7. The van der Waals surface area contributed by atoms with E-state index in [4.69, 9.17) is 32.7 Å². The summed E-state index contributed by atoms with van der Waals surface area (Å²) in [5.74, 6) is -0.401. The molecule has 1 heterocycles. The number of nitrogens with zero attached hydrogens (tertiary/aromatic N) is 1. The molecule has 1 amide bonds. The highest BCUT2D eigenvalue weighted by molar-refractivity contribution is 6.41. The first kappa shape index (κ1) is 18.0. The number of methoxy groups -OCH3 is 1. The Morgan fingerprint density at radius 3 is 2.54 bits per heavy atom. The molecule has 0 saturated heterocycles. The first-order valence-electron chi connectivity index (χ1n) is 6.87. The number of rotatable bonds is 6. The SMILES string of the molecule is COc1ccc(CNC(=O)COC(=O)c2cnc(Cl)c(Cl)c2)cc1. The summed E-state index contributed by atoms with van der Waals surface area (Å²) in [4.78, 5) is 27.3. The third kappa shape index (κ3) is 5.11. The second-order valence-corrected chi connectivity index (χ2v) is 5.46. The summed E-state index contributed by atoms with van der Waals surface area (Å²) in [6.07, 6.45) is 1.23. The number of benzene rings is 1. The molecule has 126 valence electrons. The van der Waals surface area contributed by atoms with Gasteiger partial charge in [-0.25, -0.2) is 9.78 Å². The largest absolute Gasteiger partial charge is 0.497 e. The van der Waals surface area contributed by atoms with Crippen molar-refractivity contribution in [1.29, 1.82) is 0 Å². The summed E-state index contributed by atoms with van der Waals surface area (Å²) in [6, 6.07) is 8.56. The predicted molar refractivity (Wildman–Crippen MR) is 89.4 cm³/mol. The van der Waals surface area contributed by atoms with Crippen molar-refractivity contribution in [2.24, 2.45) is 0 Å². The minimum atomic E-state index is -0.708. The maximum Gasteiger partial charge on any atom is 0.340 e. The van der Waals surface area contributed by atoms with Crippen LogP contribution in [-0.2, 0) is 16.1 Å². The molecule has 1 aromatic heterocycles. The molecule has 1 aromatic carbocycles. The second-order valence-electron chi connectivity index (χ2n) is 4.70. The lowest BCUT2D eigenvalue weighted by molar-refractivity contribution is -0.124. The molecule has 0 atom stereocenters.